The molecule has 1 fully saturated rings. The summed E-state index contributed by atoms with van der Waals surface area (Å²) in [4.78, 5) is 11.2. The predicted molar refractivity (Wildman–Crippen MR) is 83.1 cm³/mol. The summed E-state index contributed by atoms with van der Waals surface area (Å²) in [5.74, 6) is 1.45. The smallest absolute Gasteiger partial charge is 0.217 e. The molecule has 22 heavy (non-hydrogen) atoms. The van der Waals surface area contributed by atoms with Crippen LogP contribution in [0.15, 0.2) is 18.3 Å². The van der Waals surface area contributed by atoms with Gasteiger partial charge in [-0.1, -0.05) is 0 Å². The molecule has 1 aromatic heterocycles. The van der Waals surface area contributed by atoms with Gasteiger partial charge in [-0.2, -0.15) is 5.10 Å². The highest BCUT2D eigenvalue weighted by atomic mass is 16.5. The first-order valence-electron chi connectivity index (χ1n) is 7.61. The van der Waals surface area contributed by atoms with Crippen LogP contribution in [0.5, 0.6) is 11.5 Å². The van der Waals surface area contributed by atoms with Crippen LogP contribution in [-0.2, 0) is 4.79 Å². The second-order valence-electron chi connectivity index (χ2n) is 5.73. The number of amides is 1. The maximum absolute atomic E-state index is 11.2. The number of fused-ring (bicyclic) bond motifs is 1. The lowest BCUT2D eigenvalue weighted by atomic mass is 9.92. The van der Waals surface area contributed by atoms with Crippen LogP contribution in [0.4, 0.5) is 0 Å². The van der Waals surface area contributed by atoms with Crippen molar-refractivity contribution < 1.29 is 14.3 Å². The van der Waals surface area contributed by atoms with E-state index in [4.69, 9.17) is 9.47 Å². The summed E-state index contributed by atoms with van der Waals surface area (Å²) in [5, 5.41) is 10.9. The van der Waals surface area contributed by atoms with E-state index in [2.05, 4.69) is 15.5 Å². The molecule has 6 nitrogen and oxygen atoms in total. The summed E-state index contributed by atoms with van der Waals surface area (Å²) in [6.45, 7) is 1.56. The second-order valence-corrected chi connectivity index (χ2v) is 5.73. The highest BCUT2D eigenvalue weighted by Crippen LogP contribution is 2.36. The van der Waals surface area contributed by atoms with Gasteiger partial charge in [0, 0.05) is 19.4 Å². The molecular weight excluding hydrogens is 282 g/mol. The highest BCUT2D eigenvalue weighted by Gasteiger charge is 2.25. The van der Waals surface area contributed by atoms with E-state index in [1.165, 1.54) is 0 Å². The third-order valence-corrected chi connectivity index (χ3v) is 4.07. The van der Waals surface area contributed by atoms with E-state index in [1.54, 1.807) is 20.2 Å². The predicted octanol–water partition coefficient (Wildman–Crippen LogP) is 2.40. The zero-order chi connectivity index (χ0) is 15.5. The van der Waals surface area contributed by atoms with Crippen molar-refractivity contribution in [3.05, 3.63) is 18.3 Å². The van der Waals surface area contributed by atoms with Crippen molar-refractivity contribution in [3.63, 3.8) is 0 Å². The van der Waals surface area contributed by atoms with Crippen molar-refractivity contribution in [3.8, 4) is 11.5 Å². The number of carbonyl (C=O) groups is 1. The monoisotopic (exact) mass is 303 g/mol. The minimum atomic E-state index is 0.0167. The molecule has 0 radical (unpaired) electrons. The van der Waals surface area contributed by atoms with E-state index in [0.29, 0.717) is 5.75 Å². The summed E-state index contributed by atoms with van der Waals surface area (Å²) >= 11 is 0. The first kappa shape index (κ1) is 14.7. The molecule has 1 heterocycles. The average Bonchev–Trinajstić information content (AvgIpc) is 2.95. The number of rotatable bonds is 4. The normalized spacial score (nSPS) is 21.5. The van der Waals surface area contributed by atoms with Gasteiger partial charge in [0.15, 0.2) is 11.5 Å². The van der Waals surface area contributed by atoms with E-state index >= 15 is 0 Å². The number of nitrogens with one attached hydrogen (secondary N) is 2. The Morgan fingerprint density at radius 1 is 1.41 bits per heavy atom. The first-order valence-corrected chi connectivity index (χ1v) is 7.61. The highest BCUT2D eigenvalue weighted by molar-refractivity contribution is 5.87. The Kier molecular flexibility index (Phi) is 4.18. The molecule has 1 aliphatic rings. The molecule has 1 amide bonds. The van der Waals surface area contributed by atoms with E-state index in [1.807, 2.05) is 12.1 Å². The van der Waals surface area contributed by atoms with Crippen LogP contribution >= 0.6 is 0 Å². The molecule has 2 N–H and O–H groups in total. The van der Waals surface area contributed by atoms with Gasteiger partial charge in [0.25, 0.3) is 0 Å². The number of aromatic nitrogens is 2. The Hall–Kier alpha value is -2.24. The Morgan fingerprint density at radius 3 is 3.05 bits per heavy atom. The zero-order valence-corrected chi connectivity index (χ0v) is 12.9. The van der Waals surface area contributed by atoms with Crippen LogP contribution in [0.25, 0.3) is 10.9 Å². The third kappa shape index (κ3) is 3.00. The molecule has 2 aromatic rings. The average molecular weight is 303 g/mol. The van der Waals surface area contributed by atoms with Gasteiger partial charge in [-0.15, -0.1) is 0 Å². The van der Waals surface area contributed by atoms with E-state index in [9.17, 15) is 4.79 Å². The molecule has 1 saturated carbocycles. The van der Waals surface area contributed by atoms with Gasteiger partial charge < -0.3 is 14.8 Å². The van der Waals surface area contributed by atoms with Crippen molar-refractivity contribution in [1.29, 1.82) is 0 Å². The standard InChI is InChI=1S/C16H21N3O3/c1-10(20)18-11-4-3-5-12(8-11)22-15-7-6-14-13(9-17-19-14)16(15)21-2/h6-7,9,11-12H,3-5,8H2,1-2H3,(H,17,19)(H,18,20)/t11-,12+/m0/s1. The van der Waals surface area contributed by atoms with Gasteiger partial charge in [0.2, 0.25) is 5.91 Å². The van der Waals surface area contributed by atoms with E-state index in [-0.39, 0.29) is 18.1 Å². The quantitative estimate of drug-likeness (QED) is 0.909. The molecule has 0 unspecified atom stereocenters. The third-order valence-electron chi connectivity index (χ3n) is 4.07. The van der Waals surface area contributed by atoms with E-state index < -0.39 is 0 Å². The number of hydrogen-bond donors (Lipinski definition) is 2. The lowest BCUT2D eigenvalue weighted by molar-refractivity contribution is -0.120. The molecule has 2 atom stereocenters. The Balaban J connectivity index is 1.76. The second kappa shape index (κ2) is 6.25. The van der Waals surface area contributed by atoms with Crippen molar-refractivity contribution in [2.75, 3.05) is 7.11 Å². The summed E-state index contributed by atoms with van der Waals surface area (Å²) in [6, 6.07) is 4.04. The minimum absolute atomic E-state index is 0.0167. The van der Waals surface area contributed by atoms with Gasteiger partial charge in [-0.3, -0.25) is 9.89 Å². The molecular formula is C16H21N3O3. The topological polar surface area (TPSA) is 76.2 Å². The Bertz CT molecular complexity index is 668. The number of hydrogen-bond acceptors (Lipinski definition) is 4. The number of aromatic amines is 1. The Labute approximate surface area is 129 Å². The SMILES string of the molecule is COc1c(O[C@@H]2CCC[C@H](NC(C)=O)C2)ccc2[nH]ncc12. The largest absolute Gasteiger partial charge is 0.492 e. The number of benzene rings is 1. The molecule has 3 rings (SSSR count). The van der Waals surface area contributed by atoms with E-state index in [0.717, 1.165) is 42.3 Å². The summed E-state index contributed by atoms with van der Waals surface area (Å²) in [6.07, 6.45) is 5.70. The summed E-state index contributed by atoms with van der Waals surface area (Å²) < 4.78 is 11.6. The van der Waals surface area contributed by atoms with Crippen LogP contribution in [0.1, 0.15) is 32.6 Å². The number of H-pyrrole nitrogens is 1. The molecule has 1 aliphatic carbocycles. The van der Waals surface area contributed by atoms with Gasteiger partial charge in [-0.05, 0) is 31.4 Å². The fourth-order valence-corrected chi connectivity index (χ4v) is 3.13. The van der Waals surface area contributed by atoms with Gasteiger partial charge >= 0.3 is 0 Å². The van der Waals surface area contributed by atoms with Crippen LogP contribution in [-0.4, -0.2) is 35.4 Å². The van der Waals surface area contributed by atoms with Crippen molar-refractivity contribution >= 4 is 16.8 Å². The van der Waals surface area contributed by atoms with Gasteiger partial charge in [-0.25, -0.2) is 0 Å². The first-order chi connectivity index (χ1) is 10.7. The molecule has 0 bridgehead atoms. The molecule has 118 valence electrons. The van der Waals surface area contributed by atoms with Crippen LogP contribution < -0.4 is 14.8 Å². The molecule has 0 saturated heterocycles. The fraction of sp³-hybridized carbons (Fsp3) is 0.500. The summed E-state index contributed by atoms with van der Waals surface area (Å²) in [5.41, 5.74) is 0.920. The number of methoxy groups -OCH3 is 1. The maximum Gasteiger partial charge on any atom is 0.217 e. The zero-order valence-electron chi connectivity index (χ0n) is 12.9. The van der Waals surface area contributed by atoms with Crippen molar-refractivity contribution in [1.82, 2.24) is 15.5 Å². The van der Waals surface area contributed by atoms with Crippen LogP contribution in [0, 0.1) is 0 Å². The molecule has 1 aromatic carbocycles. The van der Waals surface area contributed by atoms with Crippen molar-refractivity contribution in [2.45, 2.75) is 44.8 Å². The summed E-state index contributed by atoms with van der Waals surface area (Å²) in [7, 11) is 1.63. The fourth-order valence-electron chi connectivity index (χ4n) is 3.13. The maximum atomic E-state index is 11.2. The van der Waals surface area contributed by atoms with Crippen LogP contribution in [0.2, 0.25) is 0 Å². The molecule has 0 aliphatic heterocycles. The van der Waals surface area contributed by atoms with Gasteiger partial charge in [0.05, 0.1) is 24.2 Å². The number of nitrogens with zero attached hydrogens (tertiary/aromatic N) is 1. The Morgan fingerprint density at radius 2 is 2.27 bits per heavy atom. The van der Waals surface area contributed by atoms with Gasteiger partial charge in [0.1, 0.15) is 6.10 Å². The molecule has 0 spiro atoms. The lowest BCUT2D eigenvalue weighted by Gasteiger charge is -2.30. The van der Waals surface area contributed by atoms with Crippen molar-refractivity contribution in [2.24, 2.45) is 0 Å². The lowest BCUT2D eigenvalue weighted by Crippen LogP contribution is -2.40. The number of ether oxygens (including phenoxy) is 2. The minimum Gasteiger partial charge on any atom is -0.492 e. The van der Waals surface area contributed by atoms with Crippen LogP contribution in [0.3, 0.4) is 0 Å². The molecule has 6 heteroatoms. The number of carbonyl (C=O) groups excluding carboxylic acids is 1.